The summed E-state index contributed by atoms with van der Waals surface area (Å²) in [5.74, 6) is 6.01. The van der Waals surface area contributed by atoms with Gasteiger partial charge in [0.2, 0.25) is 0 Å². The normalized spacial score (nSPS) is 9.12. The first-order chi connectivity index (χ1) is 8.31. The Morgan fingerprint density at radius 1 is 1.06 bits per heavy atom. The summed E-state index contributed by atoms with van der Waals surface area (Å²) in [5, 5.41) is 0. The second-order valence-electron chi connectivity index (χ2n) is 3.31. The van der Waals surface area contributed by atoms with Crippen LogP contribution < -0.4 is 15.2 Å². The molecule has 0 aliphatic heterocycles. The number of terminal acetylenes is 2. The van der Waals surface area contributed by atoms with Crippen molar-refractivity contribution in [1.82, 2.24) is 0 Å². The molecule has 0 radical (unpaired) electrons. The lowest BCUT2D eigenvalue weighted by molar-refractivity contribution is 0.314. The van der Waals surface area contributed by atoms with Crippen LogP contribution >= 0.6 is 0 Å². The van der Waals surface area contributed by atoms with Crippen LogP contribution in [-0.4, -0.2) is 19.8 Å². The van der Waals surface area contributed by atoms with Crippen LogP contribution in [-0.2, 0) is 6.42 Å². The van der Waals surface area contributed by atoms with Crippen molar-refractivity contribution >= 4 is 0 Å². The zero-order valence-corrected chi connectivity index (χ0v) is 9.61. The topological polar surface area (TPSA) is 44.5 Å². The van der Waals surface area contributed by atoms with Crippen LogP contribution in [0, 0.1) is 24.7 Å². The minimum atomic E-state index is 0.193. The van der Waals surface area contributed by atoms with Gasteiger partial charge in [0.1, 0.15) is 13.2 Å². The van der Waals surface area contributed by atoms with Crippen LogP contribution in [0.25, 0.3) is 0 Å². The second kappa shape index (κ2) is 7.22. The van der Waals surface area contributed by atoms with Crippen LogP contribution in [0.3, 0.4) is 0 Å². The predicted molar refractivity (Wildman–Crippen MR) is 67.9 cm³/mol. The molecule has 88 valence electrons. The molecule has 0 aliphatic carbocycles. The Kier molecular flexibility index (Phi) is 5.51. The van der Waals surface area contributed by atoms with Gasteiger partial charge in [-0.1, -0.05) is 17.9 Å². The van der Waals surface area contributed by atoms with Crippen molar-refractivity contribution in [1.29, 1.82) is 0 Å². The Bertz CT molecular complexity index is 441. The van der Waals surface area contributed by atoms with Crippen LogP contribution in [0.1, 0.15) is 5.56 Å². The summed E-state index contributed by atoms with van der Waals surface area (Å²) in [6.45, 7) is 0.972. The average Bonchev–Trinajstić information content (AvgIpc) is 2.35. The standard InChI is InChI=1S/C14H15NO2/c1-3-9-16-13-6-5-12(7-8-15)11-14(13)17-10-4-2/h1-2,5-6,11H,7-10,15H2. The molecule has 0 spiro atoms. The largest absolute Gasteiger partial charge is 0.477 e. The molecule has 1 rings (SSSR count). The fraction of sp³-hybridized carbons (Fsp3) is 0.286. The van der Waals surface area contributed by atoms with Crippen molar-refractivity contribution in [3.8, 4) is 36.2 Å². The third-order valence-electron chi connectivity index (χ3n) is 2.06. The highest BCUT2D eigenvalue weighted by molar-refractivity contribution is 5.43. The van der Waals surface area contributed by atoms with Crippen molar-refractivity contribution in [2.75, 3.05) is 19.8 Å². The molecule has 0 saturated heterocycles. The Labute approximate surface area is 102 Å². The second-order valence-corrected chi connectivity index (χ2v) is 3.31. The summed E-state index contributed by atoms with van der Waals surface area (Å²) in [6.07, 6.45) is 11.1. The lowest BCUT2D eigenvalue weighted by Gasteiger charge is -2.11. The highest BCUT2D eigenvalue weighted by atomic mass is 16.5. The maximum atomic E-state index is 5.50. The average molecular weight is 229 g/mol. The molecule has 1 aromatic carbocycles. The third-order valence-corrected chi connectivity index (χ3v) is 2.06. The molecule has 17 heavy (non-hydrogen) atoms. The Morgan fingerprint density at radius 3 is 2.29 bits per heavy atom. The fourth-order valence-electron chi connectivity index (χ4n) is 1.35. The summed E-state index contributed by atoms with van der Waals surface area (Å²) in [5.41, 5.74) is 6.57. The monoisotopic (exact) mass is 229 g/mol. The number of hydrogen-bond donors (Lipinski definition) is 1. The van der Waals surface area contributed by atoms with Gasteiger partial charge in [-0.05, 0) is 30.7 Å². The molecule has 3 heteroatoms. The highest BCUT2D eigenvalue weighted by Gasteiger charge is 2.06. The van der Waals surface area contributed by atoms with Gasteiger partial charge in [0.05, 0.1) is 0 Å². The van der Waals surface area contributed by atoms with Gasteiger partial charge in [0.25, 0.3) is 0 Å². The van der Waals surface area contributed by atoms with E-state index in [-0.39, 0.29) is 13.2 Å². The van der Waals surface area contributed by atoms with Gasteiger partial charge in [0, 0.05) is 0 Å². The molecular weight excluding hydrogens is 214 g/mol. The van der Waals surface area contributed by atoms with E-state index >= 15 is 0 Å². The number of benzene rings is 1. The van der Waals surface area contributed by atoms with E-state index in [1.54, 1.807) is 0 Å². The summed E-state index contributed by atoms with van der Waals surface area (Å²) >= 11 is 0. The van der Waals surface area contributed by atoms with Crippen LogP contribution in [0.5, 0.6) is 11.5 Å². The predicted octanol–water partition coefficient (Wildman–Crippen LogP) is 1.21. The molecular formula is C14H15NO2. The molecule has 0 atom stereocenters. The number of nitrogens with two attached hydrogens (primary N) is 1. The van der Waals surface area contributed by atoms with E-state index in [0.717, 1.165) is 12.0 Å². The molecule has 0 aliphatic rings. The molecule has 0 heterocycles. The molecule has 0 bridgehead atoms. The first-order valence-electron chi connectivity index (χ1n) is 5.27. The Balaban J connectivity index is 2.87. The van der Waals surface area contributed by atoms with E-state index in [1.807, 2.05) is 18.2 Å². The third kappa shape index (κ3) is 4.10. The number of rotatable bonds is 6. The van der Waals surface area contributed by atoms with Gasteiger partial charge in [0.15, 0.2) is 11.5 Å². The van der Waals surface area contributed by atoms with E-state index in [1.165, 1.54) is 0 Å². The van der Waals surface area contributed by atoms with Crippen molar-refractivity contribution < 1.29 is 9.47 Å². The van der Waals surface area contributed by atoms with Gasteiger partial charge in [-0.2, -0.15) is 0 Å². The molecule has 0 saturated carbocycles. The first-order valence-corrected chi connectivity index (χ1v) is 5.27. The molecule has 0 amide bonds. The van der Waals surface area contributed by atoms with E-state index < -0.39 is 0 Å². The maximum Gasteiger partial charge on any atom is 0.162 e. The van der Waals surface area contributed by atoms with E-state index in [2.05, 4.69) is 11.8 Å². The molecule has 3 nitrogen and oxygen atoms in total. The van der Waals surface area contributed by atoms with Crippen molar-refractivity contribution in [3.05, 3.63) is 23.8 Å². The van der Waals surface area contributed by atoms with Gasteiger partial charge in [-0.3, -0.25) is 0 Å². The van der Waals surface area contributed by atoms with Crippen molar-refractivity contribution in [3.63, 3.8) is 0 Å². The highest BCUT2D eigenvalue weighted by Crippen LogP contribution is 2.28. The molecule has 0 unspecified atom stereocenters. The molecule has 0 aromatic heterocycles. The molecule has 0 fully saturated rings. The number of ether oxygens (including phenoxy) is 2. The summed E-state index contributed by atoms with van der Waals surface area (Å²) in [4.78, 5) is 0. The van der Waals surface area contributed by atoms with Crippen molar-refractivity contribution in [2.45, 2.75) is 6.42 Å². The van der Waals surface area contributed by atoms with Crippen molar-refractivity contribution in [2.24, 2.45) is 5.73 Å². The van der Waals surface area contributed by atoms with E-state index in [4.69, 9.17) is 28.1 Å². The molecule has 2 N–H and O–H groups in total. The zero-order chi connectivity index (χ0) is 12.5. The SMILES string of the molecule is C#CCOc1ccc(CCN)cc1OCC#C. The maximum absolute atomic E-state index is 5.50. The lowest BCUT2D eigenvalue weighted by Crippen LogP contribution is -2.04. The quantitative estimate of drug-likeness (QED) is 0.746. The Morgan fingerprint density at radius 2 is 1.71 bits per heavy atom. The fourth-order valence-corrected chi connectivity index (χ4v) is 1.35. The zero-order valence-electron chi connectivity index (χ0n) is 9.61. The lowest BCUT2D eigenvalue weighted by atomic mass is 10.1. The van der Waals surface area contributed by atoms with E-state index in [0.29, 0.717) is 18.0 Å². The molecule has 1 aromatic rings. The van der Waals surface area contributed by atoms with Gasteiger partial charge in [-0.25, -0.2) is 0 Å². The van der Waals surface area contributed by atoms with Gasteiger partial charge < -0.3 is 15.2 Å². The minimum absolute atomic E-state index is 0.193. The summed E-state index contributed by atoms with van der Waals surface area (Å²) in [6, 6.07) is 5.62. The van der Waals surface area contributed by atoms with Crippen LogP contribution in [0.15, 0.2) is 18.2 Å². The smallest absolute Gasteiger partial charge is 0.162 e. The summed E-state index contributed by atoms with van der Waals surface area (Å²) in [7, 11) is 0. The minimum Gasteiger partial charge on any atom is -0.477 e. The Hall–Kier alpha value is -2.10. The van der Waals surface area contributed by atoms with Gasteiger partial charge in [-0.15, -0.1) is 12.8 Å². The first kappa shape index (κ1) is 13.0. The summed E-state index contributed by atoms with van der Waals surface area (Å²) < 4.78 is 10.8. The number of hydrogen-bond acceptors (Lipinski definition) is 3. The van der Waals surface area contributed by atoms with Gasteiger partial charge >= 0.3 is 0 Å². The van der Waals surface area contributed by atoms with Crippen LogP contribution in [0.4, 0.5) is 0 Å². The van der Waals surface area contributed by atoms with Crippen LogP contribution in [0.2, 0.25) is 0 Å². The van der Waals surface area contributed by atoms with E-state index in [9.17, 15) is 0 Å².